The van der Waals surface area contributed by atoms with E-state index in [1.807, 2.05) is 13.8 Å². The maximum absolute atomic E-state index is 6.16. The van der Waals surface area contributed by atoms with E-state index in [4.69, 9.17) is 23.2 Å². The predicted molar refractivity (Wildman–Crippen MR) is 74.5 cm³/mol. The van der Waals surface area contributed by atoms with Crippen LogP contribution in [0.25, 0.3) is 0 Å². The molecule has 0 aliphatic rings. The first-order valence-electron chi connectivity index (χ1n) is 4.49. The minimum atomic E-state index is -0.226. The zero-order valence-electron chi connectivity index (χ0n) is 8.49. The van der Waals surface area contributed by atoms with Gasteiger partial charge in [-0.1, -0.05) is 44.0 Å². The fourth-order valence-electron chi connectivity index (χ4n) is 0.921. The van der Waals surface area contributed by atoms with Gasteiger partial charge in [0, 0.05) is 10.2 Å². The number of hydrogen-bond donors (Lipinski definition) is 0. The third-order valence-electron chi connectivity index (χ3n) is 2.04. The molecule has 84 valence electrons. The van der Waals surface area contributed by atoms with Crippen LogP contribution in [0.1, 0.15) is 26.7 Å². The van der Waals surface area contributed by atoms with Crippen molar-refractivity contribution in [3.63, 3.8) is 0 Å². The topological polar surface area (TPSA) is 0 Å². The molecule has 0 saturated heterocycles. The zero-order valence-corrected chi connectivity index (χ0v) is 13.2. The van der Waals surface area contributed by atoms with Crippen molar-refractivity contribution in [2.24, 2.45) is 0 Å². The highest BCUT2D eigenvalue weighted by Crippen LogP contribution is 2.30. The number of rotatable bonds is 6. The van der Waals surface area contributed by atoms with Gasteiger partial charge in [0.2, 0.25) is 0 Å². The highest BCUT2D eigenvalue weighted by molar-refractivity contribution is 9.09. The highest BCUT2D eigenvalue weighted by atomic mass is 79.9. The van der Waals surface area contributed by atoms with Crippen LogP contribution in [0.4, 0.5) is 0 Å². The van der Waals surface area contributed by atoms with Gasteiger partial charge < -0.3 is 0 Å². The summed E-state index contributed by atoms with van der Waals surface area (Å²) in [6, 6.07) is 0. The Balaban J connectivity index is 3.89. The molecule has 0 saturated carbocycles. The number of alkyl halides is 4. The molecule has 0 aliphatic carbocycles. The molecule has 2 unspecified atom stereocenters. The molecular formula is C10H16Br2Cl2. The van der Waals surface area contributed by atoms with Crippen molar-refractivity contribution in [2.75, 3.05) is 5.33 Å². The summed E-state index contributed by atoms with van der Waals surface area (Å²) >= 11 is 19.1. The van der Waals surface area contributed by atoms with E-state index in [1.165, 1.54) is 0 Å². The second-order valence-electron chi connectivity index (χ2n) is 3.85. The van der Waals surface area contributed by atoms with Gasteiger partial charge in [0.15, 0.2) is 0 Å². The van der Waals surface area contributed by atoms with Crippen molar-refractivity contribution in [1.29, 1.82) is 0 Å². The van der Waals surface area contributed by atoms with Gasteiger partial charge in [-0.3, -0.25) is 0 Å². The van der Waals surface area contributed by atoms with Crippen LogP contribution in [0.3, 0.4) is 0 Å². The summed E-state index contributed by atoms with van der Waals surface area (Å²) in [5.41, 5.74) is 1.06. The minimum absolute atomic E-state index is 0.0214. The Bertz CT molecular complexity index is 187. The van der Waals surface area contributed by atoms with E-state index in [1.54, 1.807) is 0 Å². The Kier molecular flexibility index (Phi) is 7.39. The van der Waals surface area contributed by atoms with E-state index in [0.717, 1.165) is 23.7 Å². The third kappa shape index (κ3) is 5.99. The monoisotopic (exact) mass is 364 g/mol. The zero-order chi connectivity index (χ0) is 11.4. The van der Waals surface area contributed by atoms with Crippen molar-refractivity contribution in [3.05, 3.63) is 12.2 Å². The maximum Gasteiger partial charge on any atom is 0.0639 e. The Morgan fingerprint density at radius 3 is 2.36 bits per heavy atom. The fourth-order valence-corrected chi connectivity index (χ4v) is 1.83. The lowest BCUT2D eigenvalue weighted by Gasteiger charge is -2.23. The summed E-state index contributed by atoms with van der Waals surface area (Å²) in [6.07, 6.45) is 1.87. The van der Waals surface area contributed by atoms with E-state index >= 15 is 0 Å². The minimum Gasteiger partial charge on any atom is -0.119 e. The molecule has 0 aromatic carbocycles. The van der Waals surface area contributed by atoms with Crippen LogP contribution < -0.4 is 0 Å². The number of halogens is 4. The summed E-state index contributed by atoms with van der Waals surface area (Å²) in [5.74, 6) is 0. The van der Waals surface area contributed by atoms with Crippen LogP contribution in [-0.4, -0.2) is 20.4 Å². The highest BCUT2D eigenvalue weighted by Gasteiger charge is 2.24. The maximum atomic E-state index is 6.16. The van der Waals surface area contributed by atoms with Gasteiger partial charge >= 0.3 is 0 Å². The summed E-state index contributed by atoms with van der Waals surface area (Å²) in [4.78, 5) is 0.0591. The van der Waals surface area contributed by atoms with Crippen molar-refractivity contribution >= 4 is 55.1 Å². The Labute approximate surface area is 114 Å². The lowest BCUT2D eigenvalue weighted by Crippen LogP contribution is -2.25. The second-order valence-corrected chi connectivity index (χ2v) is 7.10. The fraction of sp³-hybridized carbons (Fsp3) is 0.800. The molecule has 2 atom stereocenters. The molecule has 0 aliphatic heterocycles. The Hall–Kier alpha value is 1.28. The first kappa shape index (κ1) is 15.3. The van der Waals surface area contributed by atoms with E-state index in [-0.39, 0.29) is 15.1 Å². The summed E-state index contributed by atoms with van der Waals surface area (Å²) in [7, 11) is 0. The van der Waals surface area contributed by atoms with Gasteiger partial charge in [-0.25, -0.2) is 0 Å². The van der Waals surface area contributed by atoms with Crippen molar-refractivity contribution < 1.29 is 0 Å². The molecule has 0 heterocycles. The first-order valence-corrected chi connectivity index (χ1v) is 7.35. The lowest BCUT2D eigenvalue weighted by atomic mass is 10.0. The van der Waals surface area contributed by atoms with Crippen molar-refractivity contribution in [2.45, 2.75) is 41.8 Å². The Morgan fingerprint density at radius 2 is 2.00 bits per heavy atom. The third-order valence-corrected chi connectivity index (χ3v) is 5.65. The molecule has 0 rings (SSSR count). The molecule has 0 fully saturated rings. The molecule has 0 N–H and O–H groups in total. The molecule has 0 radical (unpaired) electrons. The molecule has 0 nitrogen and oxygen atoms in total. The first-order chi connectivity index (χ1) is 6.29. The smallest absolute Gasteiger partial charge is 0.0639 e. The molecule has 4 heteroatoms. The van der Waals surface area contributed by atoms with Crippen LogP contribution in [0.2, 0.25) is 0 Å². The number of allylic oxidation sites excluding steroid dienone is 1. The SMILES string of the molecule is C=C(CCC(Br)C(C)(C)Cl)C(Cl)CBr. The average molecular weight is 367 g/mol. The van der Waals surface area contributed by atoms with E-state index in [2.05, 4.69) is 38.4 Å². The van der Waals surface area contributed by atoms with Crippen LogP contribution in [0.5, 0.6) is 0 Å². The summed E-state index contributed by atoms with van der Waals surface area (Å²) in [6.45, 7) is 7.95. The van der Waals surface area contributed by atoms with E-state index in [0.29, 0.717) is 0 Å². The summed E-state index contributed by atoms with van der Waals surface area (Å²) < 4.78 is 0. The van der Waals surface area contributed by atoms with Gasteiger partial charge in [-0.15, -0.1) is 23.2 Å². The van der Waals surface area contributed by atoms with Gasteiger partial charge in [0.05, 0.1) is 10.3 Å². The molecule has 0 aromatic heterocycles. The molecule has 0 aromatic rings. The van der Waals surface area contributed by atoms with E-state index in [9.17, 15) is 0 Å². The van der Waals surface area contributed by atoms with Gasteiger partial charge in [0.25, 0.3) is 0 Å². The normalized spacial score (nSPS) is 16.4. The molecule has 14 heavy (non-hydrogen) atoms. The standard InChI is InChI=1S/C10H16Br2Cl2/c1-7(8(13)6-11)4-5-9(12)10(2,3)14/h8-9H,1,4-6H2,2-3H3. The predicted octanol–water partition coefficient (Wildman–Crippen LogP) is 5.11. The van der Waals surface area contributed by atoms with Gasteiger partial charge in [-0.05, 0) is 26.7 Å². The van der Waals surface area contributed by atoms with Gasteiger partial charge in [-0.2, -0.15) is 0 Å². The van der Waals surface area contributed by atoms with Crippen LogP contribution in [-0.2, 0) is 0 Å². The lowest BCUT2D eigenvalue weighted by molar-refractivity contribution is 0.613. The van der Waals surface area contributed by atoms with E-state index < -0.39 is 0 Å². The van der Waals surface area contributed by atoms with Crippen LogP contribution >= 0.6 is 55.1 Å². The van der Waals surface area contributed by atoms with Crippen LogP contribution in [0.15, 0.2) is 12.2 Å². The Morgan fingerprint density at radius 1 is 1.50 bits per heavy atom. The average Bonchev–Trinajstić information content (AvgIpc) is 2.10. The second kappa shape index (κ2) is 6.78. The van der Waals surface area contributed by atoms with Crippen LogP contribution in [0, 0.1) is 0 Å². The van der Waals surface area contributed by atoms with Crippen molar-refractivity contribution in [3.8, 4) is 0 Å². The summed E-state index contributed by atoms with van der Waals surface area (Å²) in [5, 5.41) is 0.776. The van der Waals surface area contributed by atoms with Gasteiger partial charge in [0.1, 0.15) is 0 Å². The number of hydrogen-bond acceptors (Lipinski definition) is 0. The molecular weight excluding hydrogens is 351 g/mol. The van der Waals surface area contributed by atoms with Crippen molar-refractivity contribution in [1.82, 2.24) is 0 Å². The molecule has 0 bridgehead atoms. The largest absolute Gasteiger partial charge is 0.119 e. The molecule has 0 spiro atoms. The quantitative estimate of drug-likeness (QED) is 0.453. The molecule has 0 amide bonds.